The summed E-state index contributed by atoms with van der Waals surface area (Å²) in [5.41, 5.74) is 0.564. The molecule has 0 aliphatic heterocycles. The summed E-state index contributed by atoms with van der Waals surface area (Å²) < 4.78 is 11.3. The van der Waals surface area contributed by atoms with E-state index in [9.17, 15) is 9.59 Å². The predicted molar refractivity (Wildman–Crippen MR) is 87.4 cm³/mol. The summed E-state index contributed by atoms with van der Waals surface area (Å²) in [5, 5.41) is 9.81. The number of fused-ring (bicyclic) bond motifs is 2. The third-order valence-corrected chi connectivity index (χ3v) is 3.66. The van der Waals surface area contributed by atoms with Crippen LogP contribution in [-0.2, 0) is 0 Å². The molecule has 5 heteroatoms. The second-order valence-corrected chi connectivity index (χ2v) is 5.31. The van der Waals surface area contributed by atoms with Gasteiger partial charge in [-0.25, -0.2) is 4.79 Å². The van der Waals surface area contributed by atoms with Crippen molar-refractivity contribution >= 4 is 27.9 Å². The largest absolute Gasteiger partial charge is 0.494 e. The van der Waals surface area contributed by atoms with E-state index in [4.69, 9.17) is 14.3 Å². The summed E-state index contributed by atoms with van der Waals surface area (Å²) in [6, 6.07) is 9.33. The fourth-order valence-electron chi connectivity index (χ4n) is 2.39. The van der Waals surface area contributed by atoms with Gasteiger partial charge in [0.2, 0.25) is 5.43 Å². The summed E-state index contributed by atoms with van der Waals surface area (Å²) >= 11 is 0. The number of unbranched alkanes of at least 4 members (excludes halogenated alkanes) is 1. The monoisotopic (exact) mass is 312 g/mol. The first-order chi connectivity index (χ1) is 11.1. The summed E-state index contributed by atoms with van der Waals surface area (Å²) in [5.74, 6) is -0.436. The molecule has 2 aromatic carbocycles. The second-order valence-electron chi connectivity index (χ2n) is 5.31. The van der Waals surface area contributed by atoms with Crippen molar-refractivity contribution in [3.63, 3.8) is 0 Å². The van der Waals surface area contributed by atoms with Gasteiger partial charge in [-0.2, -0.15) is 0 Å². The number of ether oxygens (including phenoxy) is 1. The lowest BCUT2D eigenvalue weighted by molar-refractivity contribution is 0.0697. The maximum Gasteiger partial charge on any atom is 0.335 e. The highest BCUT2D eigenvalue weighted by Crippen LogP contribution is 2.23. The molecule has 1 heterocycles. The third kappa shape index (κ3) is 2.90. The fourth-order valence-corrected chi connectivity index (χ4v) is 2.39. The molecule has 1 aromatic heterocycles. The fraction of sp³-hybridized carbons (Fsp3) is 0.222. The smallest absolute Gasteiger partial charge is 0.335 e. The van der Waals surface area contributed by atoms with Gasteiger partial charge in [-0.05, 0) is 42.8 Å². The zero-order valence-corrected chi connectivity index (χ0v) is 12.7. The number of aromatic carboxylic acids is 1. The molecule has 0 fully saturated rings. The highest BCUT2D eigenvalue weighted by atomic mass is 16.5. The molecule has 1 N–H and O–H groups in total. The molecule has 0 radical (unpaired) electrons. The molecule has 3 aromatic rings. The van der Waals surface area contributed by atoms with Crippen molar-refractivity contribution in [1.29, 1.82) is 0 Å². The lowest BCUT2D eigenvalue weighted by Gasteiger charge is -2.07. The van der Waals surface area contributed by atoms with Crippen LogP contribution in [0.3, 0.4) is 0 Å². The van der Waals surface area contributed by atoms with Crippen molar-refractivity contribution in [3.05, 3.63) is 52.2 Å². The van der Waals surface area contributed by atoms with Crippen LogP contribution < -0.4 is 10.2 Å². The molecule has 3 rings (SSSR count). The Labute approximate surface area is 132 Å². The van der Waals surface area contributed by atoms with Crippen LogP contribution in [0, 0.1) is 0 Å². The van der Waals surface area contributed by atoms with Crippen LogP contribution in [0.1, 0.15) is 30.1 Å². The van der Waals surface area contributed by atoms with Crippen LogP contribution >= 0.6 is 0 Å². The minimum Gasteiger partial charge on any atom is -0.494 e. The van der Waals surface area contributed by atoms with Crippen molar-refractivity contribution in [2.45, 2.75) is 19.8 Å². The summed E-state index contributed by atoms with van der Waals surface area (Å²) in [6.07, 6.45) is 1.98. The maximum absolute atomic E-state index is 12.6. The van der Waals surface area contributed by atoms with Crippen molar-refractivity contribution < 1.29 is 19.1 Å². The van der Waals surface area contributed by atoms with Crippen molar-refractivity contribution in [1.82, 2.24) is 0 Å². The number of benzene rings is 2. The van der Waals surface area contributed by atoms with Crippen LogP contribution in [0.15, 0.2) is 45.6 Å². The maximum atomic E-state index is 12.6. The second kappa shape index (κ2) is 6.12. The van der Waals surface area contributed by atoms with Gasteiger partial charge in [0, 0.05) is 0 Å². The van der Waals surface area contributed by atoms with Gasteiger partial charge in [0.05, 0.1) is 22.9 Å². The minimum absolute atomic E-state index is 0.0829. The average Bonchev–Trinajstić information content (AvgIpc) is 2.55. The highest BCUT2D eigenvalue weighted by Gasteiger charge is 2.11. The van der Waals surface area contributed by atoms with Gasteiger partial charge < -0.3 is 14.3 Å². The zero-order valence-electron chi connectivity index (χ0n) is 12.7. The van der Waals surface area contributed by atoms with E-state index in [-0.39, 0.29) is 16.6 Å². The van der Waals surface area contributed by atoms with E-state index in [0.717, 1.165) is 12.8 Å². The van der Waals surface area contributed by atoms with Crippen molar-refractivity contribution in [2.24, 2.45) is 0 Å². The van der Waals surface area contributed by atoms with Crippen LogP contribution in [-0.4, -0.2) is 17.7 Å². The van der Waals surface area contributed by atoms with Gasteiger partial charge in [0.25, 0.3) is 0 Å². The number of hydrogen-bond acceptors (Lipinski definition) is 4. The molecule has 0 saturated heterocycles. The molecule has 0 unspecified atom stereocenters. The Morgan fingerprint density at radius 3 is 2.70 bits per heavy atom. The van der Waals surface area contributed by atoms with Crippen LogP contribution in [0.4, 0.5) is 0 Å². The lowest BCUT2D eigenvalue weighted by Crippen LogP contribution is -2.04. The first-order valence-corrected chi connectivity index (χ1v) is 7.47. The first kappa shape index (κ1) is 15.1. The normalized spacial score (nSPS) is 11.0. The molecular formula is C18H16O5. The quantitative estimate of drug-likeness (QED) is 0.572. The van der Waals surface area contributed by atoms with Crippen molar-refractivity contribution in [2.75, 3.05) is 6.61 Å². The molecule has 0 spiro atoms. The van der Waals surface area contributed by atoms with E-state index in [1.54, 1.807) is 18.2 Å². The topological polar surface area (TPSA) is 76.7 Å². The Bertz CT molecular complexity index is 939. The Hall–Kier alpha value is -2.82. The summed E-state index contributed by atoms with van der Waals surface area (Å²) in [6.45, 7) is 2.68. The average molecular weight is 312 g/mol. The molecule has 0 aliphatic rings. The van der Waals surface area contributed by atoms with Crippen LogP contribution in [0.2, 0.25) is 0 Å². The molecule has 5 nitrogen and oxygen atoms in total. The molecular weight excluding hydrogens is 296 g/mol. The van der Waals surface area contributed by atoms with Gasteiger partial charge in [-0.3, -0.25) is 4.79 Å². The van der Waals surface area contributed by atoms with Gasteiger partial charge in [-0.15, -0.1) is 0 Å². The molecule has 0 amide bonds. The first-order valence-electron chi connectivity index (χ1n) is 7.47. The van der Waals surface area contributed by atoms with Gasteiger partial charge in [-0.1, -0.05) is 13.3 Å². The number of carboxylic acids is 1. The standard InChI is InChI=1S/C18H16O5/c1-2-3-8-22-12-5-7-15-14(10-12)17(19)13-6-4-11(18(20)21)9-16(13)23-15/h4-7,9-10H,2-3,8H2,1H3,(H,20,21). The van der Waals surface area contributed by atoms with E-state index in [1.807, 2.05) is 0 Å². The molecule has 118 valence electrons. The number of hydrogen-bond donors (Lipinski definition) is 1. The summed E-state index contributed by atoms with van der Waals surface area (Å²) in [7, 11) is 0. The SMILES string of the molecule is CCCCOc1ccc2oc3cc(C(=O)O)ccc3c(=O)c2c1. The third-order valence-electron chi connectivity index (χ3n) is 3.66. The lowest BCUT2D eigenvalue weighted by atomic mass is 10.1. The van der Waals surface area contributed by atoms with Crippen molar-refractivity contribution in [3.8, 4) is 5.75 Å². The van der Waals surface area contributed by atoms with E-state index >= 15 is 0 Å². The van der Waals surface area contributed by atoms with E-state index in [2.05, 4.69) is 6.92 Å². The molecule has 0 aliphatic carbocycles. The number of carboxylic acid groups (broad SMARTS) is 1. The molecule has 0 bridgehead atoms. The Balaban J connectivity index is 2.12. The van der Waals surface area contributed by atoms with Gasteiger partial charge in [0.15, 0.2) is 0 Å². The highest BCUT2D eigenvalue weighted by molar-refractivity contribution is 5.95. The Morgan fingerprint density at radius 2 is 1.96 bits per heavy atom. The molecule has 0 atom stereocenters. The molecule has 0 saturated carbocycles. The Morgan fingerprint density at radius 1 is 1.13 bits per heavy atom. The van der Waals surface area contributed by atoms with Crippen LogP contribution in [0.25, 0.3) is 21.9 Å². The predicted octanol–water partition coefficient (Wildman–Crippen LogP) is 3.82. The van der Waals surface area contributed by atoms with Gasteiger partial charge >= 0.3 is 5.97 Å². The number of carbonyl (C=O) groups is 1. The van der Waals surface area contributed by atoms with E-state index in [0.29, 0.717) is 28.7 Å². The molecule has 23 heavy (non-hydrogen) atoms. The summed E-state index contributed by atoms with van der Waals surface area (Å²) in [4.78, 5) is 23.6. The van der Waals surface area contributed by atoms with Crippen LogP contribution in [0.5, 0.6) is 5.75 Å². The van der Waals surface area contributed by atoms with E-state index < -0.39 is 5.97 Å². The van der Waals surface area contributed by atoms with Gasteiger partial charge in [0.1, 0.15) is 16.9 Å². The Kier molecular flexibility index (Phi) is 4.02. The van der Waals surface area contributed by atoms with E-state index in [1.165, 1.54) is 18.2 Å². The minimum atomic E-state index is -1.06. The zero-order chi connectivity index (χ0) is 16.4. The number of rotatable bonds is 5.